The van der Waals surface area contributed by atoms with E-state index < -0.39 is 5.92 Å². The van der Waals surface area contributed by atoms with Crippen molar-refractivity contribution in [1.29, 1.82) is 0 Å². The molecule has 0 radical (unpaired) electrons. The van der Waals surface area contributed by atoms with E-state index >= 15 is 0 Å². The second kappa shape index (κ2) is 6.92. The number of halogens is 1. The number of hydrogen-bond donors (Lipinski definition) is 1. The van der Waals surface area contributed by atoms with Crippen LogP contribution in [0.25, 0.3) is 0 Å². The van der Waals surface area contributed by atoms with Crippen LogP contribution < -0.4 is 5.32 Å². The molecule has 0 saturated carbocycles. The topological polar surface area (TPSA) is 55.4 Å². The van der Waals surface area contributed by atoms with Gasteiger partial charge in [0.1, 0.15) is 0 Å². The van der Waals surface area contributed by atoms with Crippen LogP contribution in [0.5, 0.6) is 0 Å². The maximum Gasteiger partial charge on any atom is 0.336 e. The molecule has 2 aliphatic rings. The van der Waals surface area contributed by atoms with E-state index in [1.165, 1.54) is 0 Å². The molecule has 0 saturated heterocycles. The largest absolute Gasteiger partial charge is 0.463 e. The molecule has 1 aromatic rings. The van der Waals surface area contributed by atoms with Gasteiger partial charge in [-0.15, -0.1) is 0 Å². The molecular formula is C21H24ClNO3. The number of nitrogens with one attached hydrogen (secondary N) is 1. The summed E-state index contributed by atoms with van der Waals surface area (Å²) in [5.74, 6) is -0.731. The van der Waals surface area contributed by atoms with Gasteiger partial charge in [0, 0.05) is 34.3 Å². The summed E-state index contributed by atoms with van der Waals surface area (Å²) in [6.45, 7) is 8.11. The SMILES string of the molecule is CCOC(=O)C1=C(C)NC2=C(C(=O)CC(C)(C)C2)[C@@H]1c1ccc(Cl)cc1. The minimum atomic E-state index is -0.425. The number of benzene rings is 1. The van der Waals surface area contributed by atoms with E-state index in [2.05, 4.69) is 19.2 Å². The molecule has 0 amide bonds. The lowest BCUT2D eigenvalue weighted by molar-refractivity contribution is -0.138. The predicted molar refractivity (Wildman–Crippen MR) is 102 cm³/mol. The van der Waals surface area contributed by atoms with Gasteiger partial charge < -0.3 is 10.1 Å². The molecule has 1 aromatic carbocycles. The fraction of sp³-hybridized carbons (Fsp3) is 0.429. The molecule has 1 heterocycles. The molecule has 0 aromatic heterocycles. The van der Waals surface area contributed by atoms with Crippen LogP contribution in [0, 0.1) is 5.41 Å². The van der Waals surface area contributed by atoms with Crippen molar-refractivity contribution in [3.05, 3.63) is 57.4 Å². The Bertz CT molecular complexity index is 818. The van der Waals surface area contributed by atoms with Crippen LogP contribution in [0.2, 0.25) is 5.02 Å². The Hall–Kier alpha value is -2.07. The van der Waals surface area contributed by atoms with Gasteiger partial charge in [0.2, 0.25) is 0 Å². The zero-order chi connectivity index (χ0) is 19.1. The quantitative estimate of drug-likeness (QED) is 0.792. The number of rotatable bonds is 3. The first-order valence-electron chi connectivity index (χ1n) is 8.90. The monoisotopic (exact) mass is 373 g/mol. The van der Waals surface area contributed by atoms with Crippen molar-refractivity contribution < 1.29 is 14.3 Å². The molecule has 1 atom stereocenters. The second-order valence-corrected chi connectivity index (χ2v) is 8.14. The van der Waals surface area contributed by atoms with Crippen molar-refractivity contribution in [2.45, 2.75) is 46.5 Å². The van der Waals surface area contributed by atoms with Crippen molar-refractivity contribution in [1.82, 2.24) is 5.32 Å². The number of dihydropyridines is 1. The third-order valence-corrected chi connectivity index (χ3v) is 5.19. The third kappa shape index (κ3) is 3.43. The summed E-state index contributed by atoms with van der Waals surface area (Å²) in [6.07, 6.45) is 1.23. The lowest BCUT2D eigenvalue weighted by Crippen LogP contribution is -2.38. The highest BCUT2D eigenvalue weighted by molar-refractivity contribution is 6.30. The van der Waals surface area contributed by atoms with Gasteiger partial charge in [-0.1, -0.05) is 37.6 Å². The summed E-state index contributed by atoms with van der Waals surface area (Å²) in [4.78, 5) is 25.7. The molecule has 4 nitrogen and oxygen atoms in total. The van der Waals surface area contributed by atoms with E-state index in [9.17, 15) is 9.59 Å². The van der Waals surface area contributed by atoms with Crippen LogP contribution in [0.4, 0.5) is 0 Å². The minimum Gasteiger partial charge on any atom is -0.463 e. The number of carbonyl (C=O) groups is 2. The maximum absolute atomic E-state index is 13.0. The number of Topliss-reactive ketones (excluding diaryl/α,β-unsaturated/α-hetero) is 1. The van der Waals surface area contributed by atoms with Gasteiger partial charge in [0.05, 0.1) is 12.2 Å². The van der Waals surface area contributed by atoms with Crippen molar-refractivity contribution in [3.63, 3.8) is 0 Å². The number of ether oxygens (including phenoxy) is 1. The van der Waals surface area contributed by atoms with E-state index in [-0.39, 0.29) is 23.8 Å². The van der Waals surface area contributed by atoms with E-state index in [0.717, 1.165) is 23.4 Å². The molecular weight excluding hydrogens is 350 g/mol. The predicted octanol–water partition coefficient (Wildman–Crippen LogP) is 4.51. The molecule has 0 fully saturated rings. The summed E-state index contributed by atoms with van der Waals surface area (Å²) < 4.78 is 5.29. The van der Waals surface area contributed by atoms with Crippen LogP contribution in [0.1, 0.15) is 52.0 Å². The van der Waals surface area contributed by atoms with Gasteiger partial charge >= 0.3 is 5.97 Å². The Morgan fingerprint density at radius 3 is 2.54 bits per heavy atom. The molecule has 1 aliphatic carbocycles. The van der Waals surface area contributed by atoms with Crippen LogP contribution in [-0.2, 0) is 14.3 Å². The fourth-order valence-electron chi connectivity index (χ4n) is 3.90. The van der Waals surface area contributed by atoms with E-state index in [4.69, 9.17) is 16.3 Å². The molecule has 26 heavy (non-hydrogen) atoms. The Kier molecular flexibility index (Phi) is 4.98. The first-order chi connectivity index (χ1) is 12.2. The summed E-state index contributed by atoms with van der Waals surface area (Å²) in [6, 6.07) is 7.33. The fourth-order valence-corrected chi connectivity index (χ4v) is 4.03. The number of hydrogen-bond acceptors (Lipinski definition) is 4. The smallest absolute Gasteiger partial charge is 0.336 e. The van der Waals surface area contributed by atoms with Crippen molar-refractivity contribution in [3.8, 4) is 0 Å². The summed E-state index contributed by atoms with van der Waals surface area (Å²) in [5, 5.41) is 3.93. The highest BCUT2D eigenvalue weighted by atomic mass is 35.5. The molecule has 3 rings (SSSR count). The first kappa shape index (κ1) is 18.7. The summed E-state index contributed by atoms with van der Waals surface area (Å²) >= 11 is 6.04. The zero-order valence-corrected chi connectivity index (χ0v) is 16.4. The molecule has 5 heteroatoms. The summed E-state index contributed by atoms with van der Waals surface area (Å²) in [7, 11) is 0. The first-order valence-corrected chi connectivity index (χ1v) is 9.28. The van der Waals surface area contributed by atoms with Gasteiger partial charge in [-0.2, -0.15) is 0 Å². The van der Waals surface area contributed by atoms with Crippen molar-refractivity contribution in [2.24, 2.45) is 5.41 Å². The Balaban J connectivity index is 2.17. The molecule has 138 valence electrons. The molecule has 0 bridgehead atoms. The lowest BCUT2D eigenvalue weighted by Gasteiger charge is -2.39. The summed E-state index contributed by atoms with van der Waals surface area (Å²) in [5.41, 5.74) is 3.61. The van der Waals surface area contributed by atoms with Crippen LogP contribution in [-0.4, -0.2) is 18.4 Å². The number of allylic oxidation sites excluding steroid dienone is 3. The van der Waals surface area contributed by atoms with E-state index in [0.29, 0.717) is 22.6 Å². The molecule has 1 N–H and O–H groups in total. The van der Waals surface area contributed by atoms with Gasteiger partial charge in [0.25, 0.3) is 0 Å². The standard InChI is InChI=1S/C21H24ClNO3/c1-5-26-20(25)17-12(2)23-15-10-21(3,4)11-16(24)19(15)18(17)13-6-8-14(22)9-7-13/h6-9,18,23H,5,10-11H2,1-4H3/t18-/m1/s1. The minimum absolute atomic E-state index is 0.0815. The number of esters is 1. The normalized spacial score (nSPS) is 22.0. The van der Waals surface area contributed by atoms with Gasteiger partial charge in [-0.3, -0.25) is 4.79 Å². The van der Waals surface area contributed by atoms with Crippen molar-refractivity contribution >= 4 is 23.4 Å². The third-order valence-electron chi connectivity index (χ3n) is 4.94. The van der Waals surface area contributed by atoms with Gasteiger partial charge in [0.15, 0.2) is 5.78 Å². The van der Waals surface area contributed by atoms with Crippen LogP contribution in [0.15, 0.2) is 46.8 Å². The van der Waals surface area contributed by atoms with Gasteiger partial charge in [-0.25, -0.2) is 4.79 Å². The van der Waals surface area contributed by atoms with Crippen LogP contribution >= 0.6 is 11.6 Å². The van der Waals surface area contributed by atoms with Gasteiger partial charge in [-0.05, 0) is 43.4 Å². The average molecular weight is 374 g/mol. The van der Waals surface area contributed by atoms with E-state index in [1.54, 1.807) is 19.1 Å². The highest BCUT2D eigenvalue weighted by Gasteiger charge is 2.43. The molecule has 0 unspecified atom stereocenters. The molecule has 1 aliphatic heterocycles. The Morgan fingerprint density at radius 2 is 1.92 bits per heavy atom. The maximum atomic E-state index is 13.0. The van der Waals surface area contributed by atoms with Crippen molar-refractivity contribution in [2.75, 3.05) is 6.61 Å². The average Bonchev–Trinajstić information content (AvgIpc) is 2.53. The zero-order valence-electron chi connectivity index (χ0n) is 15.6. The number of carbonyl (C=O) groups excluding carboxylic acids is 2. The van der Waals surface area contributed by atoms with E-state index in [1.807, 2.05) is 19.1 Å². The Morgan fingerprint density at radius 1 is 1.27 bits per heavy atom. The highest BCUT2D eigenvalue weighted by Crippen LogP contribution is 2.46. The number of ketones is 1. The van der Waals surface area contributed by atoms with Crippen LogP contribution in [0.3, 0.4) is 0 Å². The second-order valence-electron chi connectivity index (χ2n) is 7.70. The lowest BCUT2D eigenvalue weighted by atomic mass is 9.68. The Labute approximate surface area is 159 Å². The molecule has 0 spiro atoms.